The van der Waals surface area contributed by atoms with E-state index in [1.165, 1.54) is 0 Å². The number of rotatable bonds is 6. The highest BCUT2D eigenvalue weighted by Gasteiger charge is 2.34. The van der Waals surface area contributed by atoms with E-state index in [0.717, 1.165) is 25.7 Å². The molecule has 4 nitrogen and oxygen atoms in total. The second-order valence-electron chi connectivity index (χ2n) is 5.31. The summed E-state index contributed by atoms with van der Waals surface area (Å²) in [6, 6.07) is 0. The van der Waals surface area contributed by atoms with Crippen LogP contribution in [0.5, 0.6) is 0 Å². The number of halogens is 1. The van der Waals surface area contributed by atoms with E-state index in [0.29, 0.717) is 24.3 Å². The Morgan fingerprint density at radius 1 is 1.28 bits per heavy atom. The van der Waals surface area contributed by atoms with Gasteiger partial charge in [-0.15, -0.1) is 0 Å². The third-order valence-electron chi connectivity index (χ3n) is 4.04. The highest BCUT2D eigenvalue weighted by Crippen LogP contribution is 2.23. The predicted octanol–water partition coefficient (Wildman–Crippen LogP) is 2.51. The largest absolute Gasteiger partial charge is 0.279 e. The van der Waals surface area contributed by atoms with E-state index in [-0.39, 0.29) is 5.54 Å². The van der Waals surface area contributed by atoms with Gasteiger partial charge in [-0.2, -0.15) is 17.4 Å². The Kier molecular flexibility index (Phi) is 6.09. The number of alkyl halides is 1. The fraction of sp³-hybridized carbons (Fsp3) is 1.00. The van der Waals surface area contributed by atoms with Crippen LogP contribution in [-0.2, 0) is 10.2 Å². The Morgan fingerprint density at radius 2 is 1.78 bits per heavy atom. The summed E-state index contributed by atoms with van der Waals surface area (Å²) in [7, 11) is -3.35. The molecular weight excluding hydrogens is 316 g/mol. The van der Waals surface area contributed by atoms with E-state index in [1.54, 1.807) is 4.31 Å². The van der Waals surface area contributed by atoms with E-state index >= 15 is 0 Å². The first-order chi connectivity index (χ1) is 8.39. The molecule has 108 valence electrons. The molecule has 0 amide bonds. The normalized spacial score (nSPS) is 20.2. The maximum atomic E-state index is 12.4. The van der Waals surface area contributed by atoms with E-state index in [1.807, 2.05) is 13.8 Å². The summed E-state index contributed by atoms with van der Waals surface area (Å²) in [5.41, 5.74) is -0.359. The minimum atomic E-state index is -3.35. The monoisotopic (exact) mass is 340 g/mol. The van der Waals surface area contributed by atoms with Gasteiger partial charge in [-0.1, -0.05) is 36.7 Å². The molecule has 0 radical (unpaired) electrons. The molecule has 0 saturated carbocycles. The molecule has 0 atom stereocenters. The van der Waals surface area contributed by atoms with E-state index in [4.69, 9.17) is 0 Å². The minimum absolute atomic E-state index is 0.359. The lowest BCUT2D eigenvalue weighted by molar-refractivity contribution is 0.276. The lowest BCUT2D eigenvalue weighted by Crippen LogP contribution is -2.55. The summed E-state index contributed by atoms with van der Waals surface area (Å²) in [6.45, 7) is 7.50. The van der Waals surface area contributed by atoms with Crippen molar-refractivity contribution >= 4 is 26.1 Å². The molecule has 0 aliphatic carbocycles. The lowest BCUT2D eigenvalue weighted by atomic mass is 9.97. The molecule has 0 aromatic heterocycles. The van der Waals surface area contributed by atoms with Crippen molar-refractivity contribution in [1.29, 1.82) is 0 Å². The molecule has 1 fully saturated rings. The van der Waals surface area contributed by atoms with E-state index in [9.17, 15) is 8.42 Å². The van der Waals surface area contributed by atoms with Crippen LogP contribution in [0.15, 0.2) is 0 Å². The lowest BCUT2D eigenvalue weighted by Gasteiger charge is -2.35. The molecule has 0 aromatic carbocycles. The summed E-state index contributed by atoms with van der Waals surface area (Å²) in [4.78, 5) is 0. The first kappa shape index (κ1) is 16.4. The van der Waals surface area contributed by atoms with Gasteiger partial charge in [0, 0.05) is 24.0 Å². The van der Waals surface area contributed by atoms with Gasteiger partial charge in [0.05, 0.1) is 0 Å². The fourth-order valence-corrected chi connectivity index (χ4v) is 5.02. The van der Waals surface area contributed by atoms with Crippen molar-refractivity contribution in [2.24, 2.45) is 5.92 Å². The average molecular weight is 341 g/mol. The average Bonchev–Trinajstić information content (AvgIpc) is 2.37. The van der Waals surface area contributed by atoms with Gasteiger partial charge in [-0.25, -0.2) is 0 Å². The molecule has 0 spiro atoms. The van der Waals surface area contributed by atoms with Crippen molar-refractivity contribution in [1.82, 2.24) is 9.03 Å². The van der Waals surface area contributed by atoms with Gasteiger partial charge < -0.3 is 0 Å². The Balaban J connectivity index is 2.75. The highest BCUT2D eigenvalue weighted by atomic mass is 79.9. The molecule has 1 saturated heterocycles. The Labute approximate surface area is 120 Å². The van der Waals surface area contributed by atoms with E-state index < -0.39 is 10.2 Å². The summed E-state index contributed by atoms with van der Waals surface area (Å²) in [6.07, 6.45) is 3.50. The smallest absolute Gasteiger partial charge is 0.195 e. The molecule has 18 heavy (non-hydrogen) atoms. The highest BCUT2D eigenvalue weighted by molar-refractivity contribution is 9.09. The van der Waals surface area contributed by atoms with Gasteiger partial charge in [0.2, 0.25) is 0 Å². The first-order valence-electron chi connectivity index (χ1n) is 6.74. The van der Waals surface area contributed by atoms with Crippen LogP contribution in [0.4, 0.5) is 0 Å². The number of piperidine rings is 1. The van der Waals surface area contributed by atoms with Crippen LogP contribution in [0.3, 0.4) is 0 Å². The van der Waals surface area contributed by atoms with Crippen molar-refractivity contribution in [3.63, 3.8) is 0 Å². The summed E-state index contributed by atoms with van der Waals surface area (Å²) in [5, 5.41) is 0.649. The van der Waals surface area contributed by atoms with Crippen LogP contribution in [-0.4, -0.2) is 36.7 Å². The molecule has 0 bridgehead atoms. The topological polar surface area (TPSA) is 49.4 Å². The van der Waals surface area contributed by atoms with Crippen molar-refractivity contribution in [3.8, 4) is 0 Å². The van der Waals surface area contributed by atoms with Crippen molar-refractivity contribution < 1.29 is 8.42 Å². The van der Waals surface area contributed by atoms with Crippen LogP contribution >= 0.6 is 15.9 Å². The number of hydrogen-bond donors (Lipinski definition) is 1. The molecule has 1 aliphatic heterocycles. The van der Waals surface area contributed by atoms with Crippen LogP contribution in [0.2, 0.25) is 0 Å². The number of hydrogen-bond acceptors (Lipinski definition) is 2. The van der Waals surface area contributed by atoms with Gasteiger partial charge in [0.25, 0.3) is 10.2 Å². The van der Waals surface area contributed by atoms with Gasteiger partial charge in [-0.05, 0) is 31.6 Å². The quantitative estimate of drug-likeness (QED) is 0.755. The molecule has 1 rings (SSSR count). The number of nitrogens with zero attached hydrogens (tertiary/aromatic N) is 1. The standard InChI is InChI=1S/C12H25BrN2O2S/c1-4-12(5-2,10-13)14-18(16,17)15-8-6-11(3)7-9-15/h11,14H,4-10H2,1-3H3. The second kappa shape index (κ2) is 6.68. The molecule has 1 aliphatic rings. The maximum absolute atomic E-state index is 12.4. The van der Waals surface area contributed by atoms with E-state index in [2.05, 4.69) is 27.6 Å². The molecule has 1 heterocycles. The molecular formula is C12H25BrN2O2S. The van der Waals surface area contributed by atoms with Gasteiger partial charge in [0.1, 0.15) is 0 Å². The Bertz CT molecular complexity index is 339. The van der Waals surface area contributed by atoms with Crippen molar-refractivity contribution in [2.45, 2.75) is 52.0 Å². The maximum Gasteiger partial charge on any atom is 0.279 e. The van der Waals surface area contributed by atoms with Crippen molar-refractivity contribution in [2.75, 3.05) is 18.4 Å². The van der Waals surface area contributed by atoms with Crippen LogP contribution in [0, 0.1) is 5.92 Å². The predicted molar refractivity (Wildman–Crippen MR) is 79.1 cm³/mol. The zero-order valence-electron chi connectivity index (χ0n) is 11.6. The molecule has 1 N–H and O–H groups in total. The van der Waals surface area contributed by atoms with Crippen LogP contribution in [0.1, 0.15) is 46.5 Å². The third kappa shape index (κ3) is 3.92. The first-order valence-corrected chi connectivity index (χ1v) is 9.30. The second-order valence-corrected chi connectivity index (χ2v) is 7.54. The Morgan fingerprint density at radius 3 is 2.17 bits per heavy atom. The molecule has 0 unspecified atom stereocenters. The van der Waals surface area contributed by atoms with Crippen LogP contribution < -0.4 is 4.72 Å². The zero-order chi connectivity index (χ0) is 13.8. The minimum Gasteiger partial charge on any atom is -0.195 e. The van der Waals surface area contributed by atoms with Gasteiger partial charge >= 0.3 is 0 Å². The third-order valence-corrected chi connectivity index (χ3v) is 6.85. The zero-order valence-corrected chi connectivity index (χ0v) is 14.0. The molecule has 0 aromatic rings. The van der Waals surface area contributed by atoms with Crippen molar-refractivity contribution in [3.05, 3.63) is 0 Å². The van der Waals surface area contributed by atoms with Crippen LogP contribution in [0.25, 0.3) is 0 Å². The summed E-state index contributed by atoms with van der Waals surface area (Å²) >= 11 is 3.43. The summed E-state index contributed by atoms with van der Waals surface area (Å²) < 4.78 is 29.2. The summed E-state index contributed by atoms with van der Waals surface area (Å²) in [5.74, 6) is 0.634. The van der Waals surface area contributed by atoms with Gasteiger partial charge in [0.15, 0.2) is 0 Å². The van der Waals surface area contributed by atoms with Gasteiger partial charge in [-0.3, -0.25) is 0 Å². The Hall–Kier alpha value is 0.350. The molecule has 6 heteroatoms. The SMILES string of the molecule is CCC(CC)(CBr)NS(=O)(=O)N1CCC(C)CC1. The fourth-order valence-electron chi connectivity index (χ4n) is 2.17. The number of nitrogens with one attached hydrogen (secondary N) is 1.